The zero-order valence-corrected chi connectivity index (χ0v) is 23.5. The molecule has 0 spiro atoms. The molecule has 0 unspecified atom stereocenters. The molecule has 1 aliphatic carbocycles. The molecule has 14 nitrogen and oxygen atoms in total. The summed E-state index contributed by atoms with van der Waals surface area (Å²) in [5.74, 6) is -0.451. The minimum atomic E-state index is -2.03. The summed E-state index contributed by atoms with van der Waals surface area (Å²) in [6.07, 6.45) is 0.941. The predicted octanol–water partition coefficient (Wildman–Crippen LogP) is 1.50. The molecule has 1 aromatic carbocycles. The minimum Gasteiger partial charge on any atom is -0.494 e. The standard InChI is InChI=1S/C25H27B3N8O6/c1-24(2,3)41-23(39)29-11-17-32-22(42-36-17)13-6-5-7-14(19(13)40-4)30-15-10-16(31-20(37)12-8-9-12)34-35-18(15)21(38)33-25(26,27)28/h5-7,10,12H,8-9,11H2,1-4H3,(H,29,39)(H,33,38)(H2,30,31,34,37). The first-order valence-corrected chi connectivity index (χ1v) is 12.8. The van der Waals surface area contributed by atoms with Gasteiger partial charge in [-0.05, 0) is 45.7 Å². The van der Waals surface area contributed by atoms with Crippen LogP contribution in [0.1, 0.15) is 49.9 Å². The van der Waals surface area contributed by atoms with Crippen molar-refractivity contribution in [3.8, 4) is 17.2 Å². The van der Waals surface area contributed by atoms with Gasteiger partial charge in [0.25, 0.3) is 11.8 Å². The van der Waals surface area contributed by atoms with Crippen LogP contribution in [0.5, 0.6) is 5.75 Å². The molecule has 212 valence electrons. The van der Waals surface area contributed by atoms with E-state index in [2.05, 4.69) is 41.6 Å². The number of ether oxygens (including phenoxy) is 2. The first-order chi connectivity index (χ1) is 19.7. The van der Waals surface area contributed by atoms with Crippen LogP contribution in [0.2, 0.25) is 0 Å². The average Bonchev–Trinajstić information content (AvgIpc) is 3.63. The van der Waals surface area contributed by atoms with Gasteiger partial charge in [0.1, 0.15) is 5.60 Å². The van der Waals surface area contributed by atoms with Crippen LogP contribution in [0.25, 0.3) is 11.5 Å². The third kappa shape index (κ3) is 8.24. The number of alkyl carbamates (subject to hydrolysis) is 1. The highest BCUT2D eigenvalue weighted by Gasteiger charge is 2.30. The molecule has 1 fully saturated rings. The molecule has 2 heterocycles. The highest BCUT2D eigenvalue weighted by Crippen LogP contribution is 2.38. The van der Waals surface area contributed by atoms with Crippen LogP contribution in [0.15, 0.2) is 28.8 Å². The number of benzene rings is 1. The number of nitrogens with one attached hydrogen (secondary N) is 4. The van der Waals surface area contributed by atoms with Gasteiger partial charge in [-0.1, -0.05) is 16.5 Å². The molecule has 42 heavy (non-hydrogen) atoms. The molecule has 0 atom stereocenters. The number of para-hydroxylation sites is 1. The van der Waals surface area contributed by atoms with E-state index in [9.17, 15) is 14.4 Å². The van der Waals surface area contributed by atoms with Crippen LogP contribution < -0.4 is 26.0 Å². The first-order valence-electron chi connectivity index (χ1n) is 12.8. The van der Waals surface area contributed by atoms with Crippen LogP contribution >= 0.6 is 0 Å². The number of methoxy groups -OCH3 is 1. The molecular weight excluding hydrogens is 541 g/mol. The van der Waals surface area contributed by atoms with Crippen molar-refractivity contribution < 1.29 is 28.4 Å². The van der Waals surface area contributed by atoms with Crippen LogP contribution in [0.4, 0.5) is 22.0 Å². The fraction of sp³-hybridized carbons (Fsp3) is 0.400. The Hall–Kier alpha value is -4.56. The Balaban J connectivity index is 1.61. The highest BCUT2D eigenvalue weighted by atomic mass is 16.6. The average molecular weight is 568 g/mol. The van der Waals surface area contributed by atoms with Gasteiger partial charge in [0, 0.05) is 12.0 Å². The van der Waals surface area contributed by atoms with E-state index >= 15 is 0 Å². The van der Waals surface area contributed by atoms with Gasteiger partial charge in [-0.2, -0.15) is 4.98 Å². The van der Waals surface area contributed by atoms with Crippen molar-refractivity contribution in [2.24, 2.45) is 5.92 Å². The third-order valence-corrected chi connectivity index (χ3v) is 5.52. The summed E-state index contributed by atoms with van der Waals surface area (Å²) < 4.78 is 16.2. The summed E-state index contributed by atoms with van der Waals surface area (Å²) >= 11 is 0. The zero-order chi connectivity index (χ0) is 30.7. The number of carbonyl (C=O) groups excluding carboxylic acids is 3. The van der Waals surface area contributed by atoms with Gasteiger partial charge in [-0.15, -0.1) is 10.2 Å². The molecule has 1 saturated carbocycles. The lowest BCUT2D eigenvalue weighted by Gasteiger charge is -2.23. The summed E-state index contributed by atoms with van der Waals surface area (Å²) in [7, 11) is 18.0. The van der Waals surface area contributed by atoms with Gasteiger partial charge >= 0.3 is 6.09 Å². The van der Waals surface area contributed by atoms with E-state index in [1.54, 1.807) is 39.0 Å². The fourth-order valence-corrected chi connectivity index (χ4v) is 3.61. The molecule has 1 aliphatic rings. The number of rotatable bonds is 10. The lowest BCUT2D eigenvalue weighted by atomic mass is 9.49. The molecule has 4 N–H and O–H groups in total. The lowest BCUT2D eigenvalue weighted by molar-refractivity contribution is -0.117. The maximum Gasteiger partial charge on any atom is 0.408 e. The zero-order valence-electron chi connectivity index (χ0n) is 23.5. The highest BCUT2D eigenvalue weighted by molar-refractivity contribution is 6.60. The number of nitrogens with zero attached hydrogens (tertiary/aromatic N) is 4. The molecule has 3 amide bonds. The number of amides is 3. The summed E-state index contributed by atoms with van der Waals surface area (Å²) in [6.45, 7) is 5.20. The molecule has 0 saturated heterocycles. The number of hydrogen-bond acceptors (Lipinski definition) is 11. The van der Waals surface area contributed by atoms with Gasteiger partial charge in [0.2, 0.25) is 5.91 Å². The van der Waals surface area contributed by atoms with Crippen molar-refractivity contribution >= 4 is 58.6 Å². The second kappa shape index (κ2) is 12.1. The van der Waals surface area contributed by atoms with Crippen LogP contribution in [-0.2, 0) is 16.1 Å². The second-order valence-corrected chi connectivity index (χ2v) is 10.5. The minimum absolute atomic E-state index is 0.0416. The Morgan fingerprint density at radius 1 is 1.10 bits per heavy atom. The van der Waals surface area contributed by atoms with Gasteiger partial charge in [-0.3, -0.25) is 9.59 Å². The van der Waals surface area contributed by atoms with E-state index in [-0.39, 0.29) is 53.0 Å². The SMILES string of the molecule is [B]C([B])([B])NC(=O)c1nnc(NC(=O)C2CC2)cc1Nc1cccc(-c2nc(CNC(=O)OC(C)(C)C)no2)c1OC. The number of aromatic nitrogens is 4. The van der Waals surface area contributed by atoms with Crippen molar-refractivity contribution in [2.45, 2.75) is 51.0 Å². The number of hydrogen-bond donors (Lipinski definition) is 4. The topological polar surface area (TPSA) is 182 Å². The maximum atomic E-state index is 12.9. The monoisotopic (exact) mass is 568 g/mol. The molecule has 0 bridgehead atoms. The first kappa shape index (κ1) is 30.4. The molecule has 2 aromatic heterocycles. The number of carbonyl (C=O) groups is 3. The quantitative estimate of drug-likeness (QED) is 0.260. The van der Waals surface area contributed by atoms with Gasteiger partial charge in [0.05, 0.1) is 54.1 Å². The summed E-state index contributed by atoms with van der Waals surface area (Å²) in [5, 5.41) is 20.3. The van der Waals surface area contributed by atoms with Crippen molar-refractivity contribution in [1.29, 1.82) is 0 Å². The van der Waals surface area contributed by atoms with Crippen LogP contribution in [-0.4, -0.2) is 79.7 Å². The van der Waals surface area contributed by atoms with Gasteiger partial charge in [-0.25, -0.2) is 4.79 Å². The van der Waals surface area contributed by atoms with Crippen LogP contribution in [0, 0.1) is 5.92 Å². The largest absolute Gasteiger partial charge is 0.494 e. The Bertz CT molecular complexity index is 1480. The van der Waals surface area contributed by atoms with E-state index < -0.39 is 22.8 Å². The van der Waals surface area contributed by atoms with E-state index in [0.717, 1.165) is 12.8 Å². The molecule has 0 aliphatic heterocycles. The van der Waals surface area contributed by atoms with E-state index in [1.165, 1.54) is 13.2 Å². The maximum absolute atomic E-state index is 12.9. The Labute approximate surface area is 245 Å². The number of anilines is 3. The van der Waals surface area contributed by atoms with Crippen molar-refractivity contribution in [1.82, 2.24) is 31.0 Å². The summed E-state index contributed by atoms with van der Waals surface area (Å²) in [6, 6.07) is 6.44. The molecule has 4 rings (SSSR count). The molecular formula is C25H27B3N8O6. The van der Waals surface area contributed by atoms with E-state index in [0.29, 0.717) is 11.3 Å². The van der Waals surface area contributed by atoms with Crippen molar-refractivity contribution in [3.63, 3.8) is 0 Å². The normalized spacial score (nSPS) is 13.1. The van der Waals surface area contributed by atoms with E-state index in [4.69, 9.17) is 37.5 Å². The third-order valence-electron chi connectivity index (χ3n) is 5.52. The lowest BCUT2D eigenvalue weighted by Crippen LogP contribution is -2.50. The van der Waals surface area contributed by atoms with E-state index in [1.807, 2.05) is 0 Å². The summed E-state index contributed by atoms with van der Waals surface area (Å²) in [5.41, 5.74) is 0.0115. The molecule has 17 heteroatoms. The van der Waals surface area contributed by atoms with Crippen LogP contribution in [0.3, 0.4) is 0 Å². The molecule has 3 aromatic rings. The van der Waals surface area contributed by atoms with Gasteiger partial charge in [0.15, 0.2) is 23.1 Å². The van der Waals surface area contributed by atoms with Gasteiger partial charge < -0.3 is 35.3 Å². The predicted molar refractivity (Wildman–Crippen MR) is 153 cm³/mol. The Morgan fingerprint density at radius 3 is 2.48 bits per heavy atom. The second-order valence-electron chi connectivity index (χ2n) is 10.5. The Morgan fingerprint density at radius 2 is 1.83 bits per heavy atom. The van der Waals surface area contributed by atoms with Crippen molar-refractivity contribution in [3.05, 3.63) is 35.8 Å². The Kier molecular flexibility index (Phi) is 8.78. The fourth-order valence-electron chi connectivity index (χ4n) is 3.61. The molecule has 6 radical (unpaired) electrons. The summed E-state index contributed by atoms with van der Waals surface area (Å²) in [4.78, 5) is 41.5. The smallest absolute Gasteiger partial charge is 0.408 e. The van der Waals surface area contributed by atoms with Crippen molar-refractivity contribution in [2.75, 3.05) is 17.7 Å².